The van der Waals surface area contributed by atoms with Gasteiger partial charge >= 0.3 is 161 Å². The van der Waals surface area contributed by atoms with Crippen molar-refractivity contribution in [1.29, 1.82) is 0 Å². The molecule has 0 fully saturated rings. The third-order valence-corrected chi connectivity index (χ3v) is 5.78. The molecule has 1 aliphatic rings. The normalized spacial score (nSPS) is 17.0. The molecule has 1 unspecified atom stereocenters. The van der Waals surface area contributed by atoms with Gasteiger partial charge in [0.25, 0.3) is 0 Å². The zero-order valence-electron chi connectivity index (χ0n) is 14.7. The Labute approximate surface area is 161 Å². The van der Waals surface area contributed by atoms with Crippen molar-refractivity contribution in [3.05, 3.63) is 89.6 Å². The van der Waals surface area contributed by atoms with Gasteiger partial charge in [0, 0.05) is 0 Å². The molecule has 128 valence electrons. The minimum atomic E-state index is 0.219. The number of hydrogen-bond donors (Lipinski definition) is 0. The van der Waals surface area contributed by atoms with Gasteiger partial charge in [-0.05, 0) is 0 Å². The van der Waals surface area contributed by atoms with Crippen molar-refractivity contribution in [2.45, 2.75) is 19.3 Å². The van der Waals surface area contributed by atoms with Gasteiger partial charge in [-0.2, -0.15) is 0 Å². The van der Waals surface area contributed by atoms with Gasteiger partial charge in [-0.1, -0.05) is 0 Å². The Hall–Kier alpha value is -1.76. The summed E-state index contributed by atoms with van der Waals surface area (Å²) in [6, 6.07) is 21.3. The third kappa shape index (κ3) is 3.91. The van der Waals surface area contributed by atoms with Gasteiger partial charge in [0.15, 0.2) is 0 Å². The van der Waals surface area contributed by atoms with Gasteiger partial charge in [-0.25, -0.2) is 0 Å². The number of methoxy groups -OCH3 is 1. The second kappa shape index (κ2) is 8.56. The molecule has 2 aromatic rings. The summed E-state index contributed by atoms with van der Waals surface area (Å²) >= 11 is 1.36. The summed E-state index contributed by atoms with van der Waals surface area (Å²) in [5.41, 5.74) is 5.10. The average Bonchev–Trinajstić information content (AvgIpc) is 2.68. The monoisotopic (exact) mass is 501 g/mol. The van der Waals surface area contributed by atoms with Crippen LogP contribution in [0.3, 0.4) is 0 Å². The Kier molecular flexibility index (Phi) is 6.18. The zero-order valence-corrected chi connectivity index (χ0v) is 17.6. The van der Waals surface area contributed by atoms with Crippen molar-refractivity contribution < 1.29 is 24.1 Å². The molecule has 2 aromatic carbocycles. The van der Waals surface area contributed by atoms with E-state index in [0.717, 1.165) is 17.0 Å². The second-order valence-electron chi connectivity index (χ2n) is 6.04. The number of hydrogen-bond acceptors (Lipinski definition) is 2. The number of nitrogens with zero attached hydrogens (tertiary/aromatic N) is 1. The van der Waals surface area contributed by atoms with E-state index in [1.165, 1.54) is 41.8 Å². The first-order valence-corrected chi connectivity index (χ1v) is 10.1. The van der Waals surface area contributed by atoms with Crippen LogP contribution in [0.25, 0.3) is 5.70 Å². The molecule has 0 aromatic heterocycles. The van der Waals surface area contributed by atoms with Crippen molar-refractivity contribution in [3.63, 3.8) is 0 Å². The molecule has 3 rings (SSSR count). The van der Waals surface area contributed by atoms with E-state index in [9.17, 15) is 0 Å². The Bertz CT molecular complexity index is 780. The van der Waals surface area contributed by atoms with Gasteiger partial charge < -0.3 is 0 Å². The molecular formula is C22H23NOW. The number of ether oxygens (including phenoxy) is 1. The molecule has 0 saturated heterocycles. The molecule has 2 nitrogen and oxygen atoms in total. The van der Waals surface area contributed by atoms with E-state index >= 15 is 0 Å². The van der Waals surface area contributed by atoms with Crippen LogP contribution in [0, 0.1) is 0 Å². The quantitative estimate of drug-likeness (QED) is 0.567. The van der Waals surface area contributed by atoms with E-state index in [2.05, 4.69) is 84.8 Å². The molecule has 0 radical (unpaired) electrons. The van der Waals surface area contributed by atoms with Crippen LogP contribution in [-0.2, 0) is 24.1 Å². The average molecular weight is 501 g/mol. The molecule has 3 heteroatoms. The molecule has 0 saturated carbocycles. The summed E-state index contributed by atoms with van der Waals surface area (Å²) in [5.74, 6) is 0.219. The summed E-state index contributed by atoms with van der Waals surface area (Å²) in [4.78, 5) is 2.37. The molecule has 0 amide bonds. The molecule has 25 heavy (non-hydrogen) atoms. The first kappa shape index (κ1) is 18.0. The third-order valence-electron chi connectivity index (χ3n) is 4.39. The summed E-state index contributed by atoms with van der Waals surface area (Å²) in [6.45, 7) is 3.22. The maximum atomic E-state index is 5.75. The Morgan fingerprint density at radius 2 is 1.68 bits per heavy atom. The summed E-state index contributed by atoms with van der Waals surface area (Å²) in [6.07, 6.45) is 5.64. The van der Waals surface area contributed by atoms with Crippen LogP contribution in [0.2, 0.25) is 0 Å². The van der Waals surface area contributed by atoms with Crippen LogP contribution in [-0.4, -0.2) is 22.6 Å². The van der Waals surface area contributed by atoms with Gasteiger partial charge in [-0.15, -0.1) is 0 Å². The summed E-state index contributed by atoms with van der Waals surface area (Å²) < 4.78 is 6.81. The Morgan fingerprint density at radius 3 is 2.28 bits per heavy atom. The molecule has 0 spiro atoms. The zero-order chi connectivity index (χ0) is 17.6. The Balaban J connectivity index is 2.20. The minimum absolute atomic E-state index is 0.219. The molecule has 0 aliphatic carbocycles. The van der Waals surface area contributed by atoms with E-state index < -0.39 is 0 Å². The van der Waals surface area contributed by atoms with E-state index in [0.29, 0.717) is 0 Å². The fourth-order valence-corrected chi connectivity index (χ4v) is 4.08. The first-order valence-electron chi connectivity index (χ1n) is 8.64. The van der Waals surface area contributed by atoms with Crippen molar-refractivity contribution in [3.8, 4) is 0 Å². The van der Waals surface area contributed by atoms with Gasteiger partial charge in [0.2, 0.25) is 0 Å². The molecule has 1 aliphatic heterocycles. The predicted octanol–water partition coefficient (Wildman–Crippen LogP) is 4.74. The Morgan fingerprint density at radius 1 is 1.04 bits per heavy atom. The first-order chi connectivity index (χ1) is 12.3. The maximum absolute atomic E-state index is 5.75. The molecular weight excluding hydrogens is 478 g/mol. The number of rotatable bonds is 6. The second-order valence-corrected chi connectivity index (χ2v) is 7.38. The van der Waals surface area contributed by atoms with Crippen LogP contribution < -0.4 is 0 Å². The molecule has 0 N–H and O–H groups in total. The van der Waals surface area contributed by atoms with Crippen molar-refractivity contribution in [2.75, 3.05) is 13.7 Å². The van der Waals surface area contributed by atoms with Crippen LogP contribution in [0.4, 0.5) is 0 Å². The standard InChI is InChI=1S/C22H23NO.W/c1-3-15-23-16-14-20(18-10-6-4-7-11-18)21(17-24-2)22(23)19-12-8-5-9-13-19;/h4-14,16,20H,3,15H2,1-2H3;. The van der Waals surface area contributed by atoms with E-state index in [1.54, 1.807) is 7.11 Å². The molecule has 1 heterocycles. The fraction of sp³-hybridized carbons (Fsp3) is 0.227. The van der Waals surface area contributed by atoms with Crippen molar-refractivity contribution >= 4 is 9.78 Å². The van der Waals surface area contributed by atoms with E-state index in [4.69, 9.17) is 4.74 Å². The van der Waals surface area contributed by atoms with E-state index in [1.807, 2.05) is 0 Å². The molecule has 1 atom stereocenters. The van der Waals surface area contributed by atoms with Gasteiger partial charge in [-0.3, -0.25) is 0 Å². The van der Waals surface area contributed by atoms with Crippen LogP contribution in [0.1, 0.15) is 30.4 Å². The van der Waals surface area contributed by atoms with E-state index in [-0.39, 0.29) is 5.92 Å². The van der Waals surface area contributed by atoms with Crippen LogP contribution in [0.15, 0.2) is 78.5 Å². The topological polar surface area (TPSA) is 12.5 Å². The van der Waals surface area contributed by atoms with Gasteiger partial charge in [0.1, 0.15) is 0 Å². The van der Waals surface area contributed by atoms with Crippen LogP contribution in [0.5, 0.6) is 0 Å². The number of allylic oxidation sites excluding steroid dienone is 1. The summed E-state index contributed by atoms with van der Waals surface area (Å²) in [7, 11) is 1.78. The number of benzene rings is 2. The predicted molar refractivity (Wildman–Crippen MR) is 101 cm³/mol. The molecule has 0 bridgehead atoms. The van der Waals surface area contributed by atoms with Gasteiger partial charge in [0.05, 0.1) is 0 Å². The van der Waals surface area contributed by atoms with Crippen molar-refractivity contribution in [1.82, 2.24) is 4.90 Å². The van der Waals surface area contributed by atoms with Crippen LogP contribution >= 0.6 is 0 Å². The SMILES string of the molecule is CCCN1C=CC(c2ccccc2)C([C](=[W])OC)=C1c1ccccc1. The fourth-order valence-electron chi connectivity index (χ4n) is 3.28. The van der Waals surface area contributed by atoms with Crippen molar-refractivity contribution in [2.24, 2.45) is 0 Å². The summed E-state index contributed by atoms with van der Waals surface area (Å²) in [5, 5.41) is 0.